The number of carbonyl (C=O) groups is 2. The van der Waals surface area contributed by atoms with Crippen molar-refractivity contribution in [1.29, 1.82) is 0 Å². The first-order valence-electron chi connectivity index (χ1n) is 4.54. The molecule has 1 aromatic carbocycles. The number of Topliss-reactive ketones (excluding diaryl/α,β-unsaturated/α-hetero) is 1. The van der Waals surface area contributed by atoms with Gasteiger partial charge in [-0.1, -0.05) is 22.0 Å². The molecular formula is C11H9BrO3. The van der Waals surface area contributed by atoms with E-state index in [0.29, 0.717) is 5.56 Å². The maximum Gasteiger partial charge on any atom is 0.313 e. The fraction of sp³-hybridized carbons (Fsp3) is 0.273. The smallest absolute Gasteiger partial charge is 0.313 e. The number of fused-ring (bicyclic) bond motifs is 1. The van der Waals surface area contributed by atoms with Gasteiger partial charge in [-0.25, -0.2) is 0 Å². The summed E-state index contributed by atoms with van der Waals surface area (Å²) in [5.41, 5.74) is 1.40. The lowest BCUT2D eigenvalue weighted by molar-refractivity contribution is -0.142. The molecule has 15 heavy (non-hydrogen) atoms. The third-order valence-corrected chi connectivity index (χ3v) is 3.06. The molecule has 2 rings (SSSR count). The average Bonchev–Trinajstić information content (AvgIpc) is 2.55. The summed E-state index contributed by atoms with van der Waals surface area (Å²) in [5, 5.41) is 0. The Morgan fingerprint density at radius 1 is 1.53 bits per heavy atom. The zero-order valence-electron chi connectivity index (χ0n) is 8.12. The van der Waals surface area contributed by atoms with Crippen molar-refractivity contribution in [1.82, 2.24) is 0 Å². The summed E-state index contributed by atoms with van der Waals surface area (Å²) in [6.07, 6.45) is 0.221. The molecule has 1 aliphatic rings. The summed E-state index contributed by atoms with van der Waals surface area (Å²) in [7, 11) is 1.34. The molecule has 3 nitrogen and oxygen atoms in total. The number of methoxy groups -OCH3 is 1. The van der Waals surface area contributed by atoms with Crippen LogP contribution in [0.4, 0.5) is 0 Å². The minimum atomic E-state index is -0.425. The summed E-state index contributed by atoms with van der Waals surface area (Å²) in [4.78, 5) is 23.0. The van der Waals surface area contributed by atoms with Crippen LogP contribution >= 0.6 is 15.9 Å². The lowest BCUT2D eigenvalue weighted by atomic mass is 10.0. The molecule has 0 aromatic heterocycles. The topological polar surface area (TPSA) is 43.4 Å². The Bertz CT molecular complexity index is 439. The first-order chi connectivity index (χ1) is 7.13. The second-order valence-corrected chi connectivity index (χ2v) is 4.35. The van der Waals surface area contributed by atoms with Crippen LogP contribution in [0.3, 0.4) is 0 Å². The van der Waals surface area contributed by atoms with E-state index in [9.17, 15) is 9.59 Å². The van der Waals surface area contributed by atoms with E-state index in [1.54, 1.807) is 12.1 Å². The first-order valence-corrected chi connectivity index (χ1v) is 5.33. The van der Waals surface area contributed by atoms with Crippen LogP contribution in [0, 0.1) is 0 Å². The Balaban J connectivity index is 2.47. The molecular weight excluding hydrogens is 260 g/mol. The number of ketones is 1. The molecule has 4 heteroatoms. The molecule has 0 bridgehead atoms. The van der Waals surface area contributed by atoms with Gasteiger partial charge < -0.3 is 4.74 Å². The molecule has 0 saturated heterocycles. The van der Waals surface area contributed by atoms with Crippen LogP contribution in [0.5, 0.6) is 0 Å². The summed E-state index contributed by atoms with van der Waals surface area (Å²) in [6, 6.07) is 5.37. The second kappa shape index (κ2) is 3.77. The standard InChI is InChI=1S/C11H9BrO3/c1-15-11(14)9-5-10(13)8-4-6(12)2-3-7(8)9/h2-4,9H,5H2,1H3/t9-/m0/s1. The Morgan fingerprint density at radius 3 is 2.93 bits per heavy atom. The van der Waals surface area contributed by atoms with Gasteiger partial charge in [0.2, 0.25) is 0 Å². The van der Waals surface area contributed by atoms with Crippen molar-refractivity contribution in [3.8, 4) is 0 Å². The van der Waals surface area contributed by atoms with E-state index < -0.39 is 5.92 Å². The number of hydrogen-bond acceptors (Lipinski definition) is 3. The quantitative estimate of drug-likeness (QED) is 0.735. The monoisotopic (exact) mass is 268 g/mol. The van der Waals surface area contributed by atoms with Gasteiger partial charge in [-0.3, -0.25) is 9.59 Å². The van der Waals surface area contributed by atoms with E-state index in [-0.39, 0.29) is 18.2 Å². The highest BCUT2D eigenvalue weighted by Gasteiger charge is 2.34. The first kappa shape index (κ1) is 10.4. The number of halogens is 1. The number of esters is 1. The fourth-order valence-corrected chi connectivity index (χ4v) is 2.19. The van der Waals surface area contributed by atoms with Crippen molar-refractivity contribution in [2.75, 3.05) is 7.11 Å². The Hall–Kier alpha value is -1.16. The third kappa shape index (κ3) is 1.69. The molecule has 1 aromatic rings. The van der Waals surface area contributed by atoms with Gasteiger partial charge in [-0.15, -0.1) is 0 Å². The van der Waals surface area contributed by atoms with E-state index in [0.717, 1.165) is 10.0 Å². The largest absolute Gasteiger partial charge is 0.469 e. The summed E-state index contributed by atoms with van der Waals surface area (Å²) in [6.45, 7) is 0. The minimum Gasteiger partial charge on any atom is -0.469 e. The second-order valence-electron chi connectivity index (χ2n) is 3.43. The summed E-state index contributed by atoms with van der Waals surface area (Å²) in [5.74, 6) is -0.767. The van der Waals surface area contributed by atoms with Gasteiger partial charge in [0.1, 0.15) is 0 Å². The van der Waals surface area contributed by atoms with Gasteiger partial charge in [0.25, 0.3) is 0 Å². The predicted molar refractivity (Wildman–Crippen MR) is 57.8 cm³/mol. The lowest BCUT2D eigenvalue weighted by Gasteiger charge is -2.07. The molecule has 0 N–H and O–H groups in total. The van der Waals surface area contributed by atoms with E-state index in [4.69, 9.17) is 0 Å². The highest BCUT2D eigenvalue weighted by Crippen LogP contribution is 2.35. The molecule has 1 atom stereocenters. The number of ether oxygens (including phenoxy) is 1. The van der Waals surface area contributed by atoms with Gasteiger partial charge in [-0.2, -0.15) is 0 Å². The zero-order valence-corrected chi connectivity index (χ0v) is 9.71. The van der Waals surface area contributed by atoms with Crippen LogP contribution in [0.1, 0.15) is 28.3 Å². The van der Waals surface area contributed by atoms with Crippen molar-refractivity contribution in [3.05, 3.63) is 33.8 Å². The van der Waals surface area contributed by atoms with Crippen LogP contribution in [0.15, 0.2) is 22.7 Å². The maximum absolute atomic E-state index is 11.6. The molecule has 0 fully saturated rings. The minimum absolute atomic E-state index is 0.00157. The molecule has 0 heterocycles. The molecule has 0 spiro atoms. The SMILES string of the molecule is COC(=O)[C@H]1CC(=O)c2cc(Br)ccc21. The molecule has 0 radical (unpaired) electrons. The lowest BCUT2D eigenvalue weighted by Crippen LogP contribution is -2.11. The van der Waals surface area contributed by atoms with E-state index >= 15 is 0 Å². The fourth-order valence-electron chi connectivity index (χ4n) is 1.83. The average molecular weight is 269 g/mol. The molecule has 0 aliphatic heterocycles. The highest BCUT2D eigenvalue weighted by atomic mass is 79.9. The van der Waals surface area contributed by atoms with Crippen LogP contribution in [-0.4, -0.2) is 18.9 Å². The van der Waals surface area contributed by atoms with Gasteiger partial charge in [0.05, 0.1) is 13.0 Å². The van der Waals surface area contributed by atoms with E-state index in [1.807, 2.05) is 6.07 Å². The Morgan fingerprint density at radius 2 is 2.27 bits per heavy atom. The van der Waals surface area contributed by atoms with Crippen molar-refractivity contribution in [2.24, 2.45) is 0 Å². The normalized spacial score (nSPS) is 18.8. The number of benzene rings is 1. The van der Waals surface area contributed by atoms with Crippen molar-refractivity contribution >= 4 is 27.7 Å². The Labute approximate surface area is 95.6 Å². The summed E-state index contributed by atoms with van der Waals surface area (Å²) < 4.78 is 5.51. The van der Waals surface area contributed by atoms with Gasteiger partial charge >= 0.3 is 5.97 Å². The van der Waals surface area contributed by atoms with Crippen molar-refractivity contribution in [2.45, 2.75) is 12.3 Å². The molecule has 0 unspecified atom stereocenters. The molecule has 0 amide bonds. The van der Waals surface area contributed by atoms with Crippen molar-refractivity contribution < 1.29 is 14.3 Å². The number of carbonyl (C=O) groups excluding carboxylic acids is 2. The van der Waals surface area contributed by atoms with E-state index in [1.165, 1.54) is 7.11 Å². The third-order valence-electron chi connectivity index (χ3n) is 2.57. The highest BCUT2D eigenvalue weighted by molar-refractivity contribution is 9.10. The van der Waals surface area contributed by atoms with Crippen LogP contribution in [0.25, 0.3) is 0 Å². The molecule has 78 valence electrons. The molecule has 0 saturated carbocycles. The maximum atomic E-state index is 11.6. The number of rotatable bonds is 1. The van der Waals surface area contributed by atoms with Crippen LogP contribution in [-0.2, 0) is 9.53 Å². The van der Waals surface area contributed by atoms with Crippen molar-refractivity contribution in [3.63, 3.8) is 0 Å². The summed E-state index contributed by atoms with van der Waals surface area (Å²) >= 11 is 3.30. The van der Waals surface area contributed by atoms with Crippen LogP contribution in [0.2, 0.25) is 0 Å². The van der Waals surface area contributed by atoms with Crippen LogP contribution < -0.4 is 0 Å². The molecule has 1 aliphatic carbocycles. The number of hydrogen-bond donors (Lipinski definition) is 0. The van der Waals surface area contributed by atoms with Gasteiger partial charge in [-0.05, 0) is 17.7 Å². The van der Waals surface area contributed by atoms with Gasteiger partial charge in [0.15, 0.2) is 5.78 Å². The van der Waals surface area contributed by atoms with E-state index in [2.05, 4.69) is 20.7 Å². The predicted octanol–water partition coefficient (Wildman–Crippen LogP) is 2.29. The zero-order chi connectivity index (χ0) is 11.0. The van der Waals surface area contributed by atoms with Gasteiger partial charge in [0, 0.05) is 16.5 Å². The Kier molecular flexibility index (Phi) is 2.61.